The van der Waals surface area contributed by atoms with Crippen molar-refractivity contribution in [3.8, 4) is 0 Å². The van der Waals surface area contributed by atoms with Crippen LogP contribution in [-0.4, -0.2) is 57.5 Å². The highest BCUT2D eigenvalue weighted by Crippen LogP contribution is 2.23. The van der Waals surface area contributed by atoms with Crippen molar-refractivity contribution in [1.29, 1.82) is 0 Å². The summed E-state index contributed by atoms with van der Waals surface area (Å²) < 4.78 is 5.36. The van der Waals surface area contributed by atoms with Gasteiger partial charge in [0, 0.05) is 37.8 Å². The van der Waals surface area contributed by atoms with Gasteiger partial charge in [-0.1, -0.05) is 30.3 Å². The molecule has 0 aliphatic carbocycles. The fourth-order valence-electron chi connectivity index (χ4n) is 3.98. The van der Waals surface area contributed by atoms with Crippen molar-refractivity contribution in [3.63, 3.8) is 0 Å². The number of ether oxygens (including phenoxy) is 1. The van der Waals surface area contributed by atoms with Gasteiger partial charge in [0.25, 0.3) is 5.91 Å². The third-order valence-corrected chi connectivity index (χ3v) is 5.65. The number of amides is 1. The number of aromatic nitrogens is 5. The first-order valence-corrected chi connectivity index (χ1v) is 10.7. The summed E-state index contributed by atoms with van der Waals surface area (Å²) in [6.07, 6.45) is 2.09. The van der Waals surface area contributed by atoms with Crippen LogP contribution < -0.4 is 15.5 Å². The number of H-pyrrole nitrogens is 1. The number of nitrogens with one attached hydrogen (secondary N) is 3. The Morgan fingerprint density at radius 2 is 1.91 bits per heavy atom. The van der Waals surface area contributed by atoms with Gasteiger partial charge in [0.1, 0.15) is 5.82 Å². The summed E-state index contributed by atoms with van der Waals surface area (Å²) in [5, 5.41) is 24.1. The van der Waals surface area contributed by atoms with Crippen molar-refractivity contribution in [2.75, 3.05) is 35.7 Å². The minimum atomic E-state index is -0.719. The lowest BCUT2D eigenvalue weighted by Crippen LogP contribution is -2.27. The van der Waals surface area contributed by atoms with Crippen LogP contribution >= 0.6 is 0 Å². The molecule has 10 heteroatoms. The number of carbonyl (C=O) groups is 1. The van der Waals surface area contributed by atoms with E-state index in [1.807, 2.05) is 48.7 Å². The fourth-order valence-corrected chi connectivity index (χ4v) is 3.98. The molecule has 5 rings (SSSR count). The number of aromatic amines is 1. The van der Waals surface area contributed by atoms with Crippen LogP contribution in [0.2, 0.25) is 0 Å². The summed E-state index contributed by atoms with van der Waals surface area (Å²) >= 11 is 0. The summed E-state index contributed by atoms with van der Waals surface area (Å²) in [6, 6.07) is 17.1. The standard InChI is InChI=1S/C23H24N8O2/c1-33-21(15-5-3-2-4-6-15)23(32)26-19-8-7-18(27-28-19)25-17-10-12-31(14-17)20-13-16-9-11-24-22(16)30-29-20/h2-9,11,13,17,21H,10,12,14H2,1H3,(H,24,30)(H,25,27)(H,26,28,32)/t17-,21?/m1/s1. The van der Waals surface area contributed by atoms with E-state index in [-0.39, 0.29) is 11.9 Å². The molecule has 1 saturated heterocycles. The van der Waals surface area contributed by atoms with Gasteiger partial charge in [0.2, 0.25) is 0 Å². The summed E-state index contributed by atoms with van der Waals surface area (Å²) in [7, 11) is 1.50. The first-order chi connectivity index (χ1) is 16.2. The Hall–Kier alpha value is -4.05. The molecule has 1 aliphatic rings. The van der Waals surface area contributed by atoms with Crippen LogP contribution in [0.25, 0.3) is 11.0 Å². The zero-order valence-corrected chi connectivity index (χ0v) is 18.1. The minimum Gasteiger partial charge on any atom is -0.367 e. The predicted molar refractivity (Wildman–Crippen MR) is 125 cm³/mol. The molecular weight excluding hydrogens is 420 g/mol. The lowest BCUT2D eigenvalue weighted by Gasteiger charge is -2.18. The number of fused-ring (bicyclic) bond motifs is 1. The summed E-state index contributed by atoms with van der Waals surface area (Å²) in [4.78, 5) is 17.9. The molecule has 3 aromatic heterocycles. The zero-order chi connectivity index (χ0) is 22.6. The fraction of sp³-hybridized carbons (Fsp3) is 0.261. The quantitative estimate of drug-likeness (QED) is 0.398. The third-order valence-electron chi connectivity index (χ3n) is 5.65. The molecule has 1 amide bonds. The summed E-state index contributed by atoms with van der Waals surface area (Å²) in [5.74, 6) is 1.58. The van der Waals surface area contributed by atoms with E-state index in [0.29, 0.717) is 11.6 Å². The lowest BCUT2D eigenvalue weighted by molar-refractivity contribution is -0.126. The van der Waals surface area contributed by atoms with Crippen molar-refractivity contribution < 1.29 is 9.53 Å². The molecule has 1 aliphatic heterocycles. The van der Waals surface area contributed by atoms with Gasteiger partial charge in [-0.3, -0.25) is 4.79 Å². The van der Waals surface area contributed by atoms with Crippen LogP contribution in [0.3, 0.4) is 0 Å². The van der Waals surface area contributed by atoms with E-state index < -0.39 is 6.10 Å². The Morgan fingerprint density at radius 3 is 2.70 bits per heavy atom. The van der Waals surface area contributed by atoms with Gasteiger partial charge in [-0.05, 0) is 36.2 Å². The molecule has 0 bridgehead atoms. The number of anilines is 3. The van der Waals surface area contributed by atoms with Crippen molar-refractivity contribution in [3.05, 3.63) is 66.4 Å². The SMILES string of the molecule is COC(C(=O)Nc1ccc(N[C@@H]2CCN(c3cc4cc[nH]c4nn3)C2)nn1)c1ccccc1. The Balaban J connectivity index is 1.17. The maximum Gasteiger partial charge on any atom is 0.259 e. The van der Waals surface area contributed by atoms with Crippen LogP contribution in [0, 0.1) is 0 Å². The molecule has 10 nitrogen and oxygen atoms in total. The molecule has 3 N–H and O–H groups in total. The zero-order valence-electron chi connectivity index (χ0n) is 18.1. The van der Waals surface area contributed by atoms with Crippen molar-refractivity contribution in [2.45, 2.75) is 18.6 Å². The molecule has 2 atom stereocenters. The maximum atomic E-state index is 12.6. The molecule has 1 unspecified atom stereocenters. The van der Waals surface area contributed by atoms with E-state index in [9.17, 15) is 4.79 Å². The van der Waals surface area contributed by atoms with Crippen molar-refractivity contribution in [2.24, 2.45) is 0 Å². The van der Waals surface area contributed by atoms with Crippen molar-refractivity contribution >= 4 is 34.4 Å². The first kappa shape index (κ1) is 20.8. The van der Waals surface area contributed by atoms with Crippen LogP contribution in [0.5, 0.6) is 0 Å². The molecular formula is C23H24N8O2. The number of benzene rings is 1. The van der Waals surface area contributed by atoms with E-state index in [2.05, 4.69) is 40.9 Å². The molecule has 1 aromatic carbocycles. The number of hydrogen-bond donors (Lipinski definition) is 3. The number of hydrogen-bond acceptors (Lipinski definition) is 8. The highest BCUT2D eigenvalue weighted by atomic mass is 16.5. The van der Waals surface area contributed by atoms with Crippen LogP contribution in [0.4, 0.5) is 17.5 Å². The molecule has 4 aromatic rings. The predicted octanol–water partition coefficient (Wildman–Crippen LogP) is 2.76. The number of rotatable bonds is 7. The van der Waals surface area contributed by atoms with E-state index in [1.165, 1.54) is 7.11 Å². The molecule has 1 fully saturated rings. The average Bonchev–Trinajstić information content (AvgIpc) is 3.50. The van der Waals surface area contributed by atoms with Crippen molar-refractivity contribution in [1.82, 2.24) is 25.4 Å². The molecule has 33 heavy (non-hydrogen) atoms. The highest BCUT2D eigenvalue weighted by molar-refractivity contribution is 5.94. The summed E-state index contributed by atoms with van der Waals surface area (Å²) in [6.45, 7) is 1.67. The normalized spacial score (nSPS) is 16.6. The average molecular weight is 444 g/mol. The van der Waals surface area contributed by atoms with Gasteiger partial charge in [0.05, 0.1) is 0 Å². The highest BCUT2D eigenvalue weighted by Gasteiger charge is 2.25. The molecule has 0 saturated carbocycles. The Bertz CT molecular complexity index is 1230. The third kappa shape index (κ3) is 4.60. The minimum absolute atomic E-state index is 0.208. The second-order valence-electron chi connectivity index (χ2n) is 7.88. The number of nitrogens with zero attached hydrogens (tertiary/aromatic N) is 5. The van der Waals surface area contributed by atoms with E-state index in [0.717, 1.165) is 41.9 Å². The largest absolute Gasteiger partial charge is 0.367 e. The monoisotopic (exact) mass is 444 g/mol. The number of methoxy groups -OCH3 is 1. The second kappa shape index (κ2) is 9.21. The molecule has 4 heterocycles. The first-order valence-electron chi connectivity index (χ1n) is 10.7. The van der Waals surface area contributed by atoms with Gasteiger partial charge in [-0.15, -0.1) is 20.4 Å². The van der Waals surface area contributed by atoms with Crippen LogP contribution in [0.1, 0.15) is 18.1 Å². The van der Waals surface area contributed by atoms with E-state index >= 15 is 0 Å². The van der Waals surface area contributed by atoms with Gasteiger partial charge in [-0.25, -0.2) is 0 Å². The van der Waals surface area contributed by atoms with Gasteiger partial charge in [0.15, 0.2) is 23.4 Å². The van der Waals surface area contributed by atoms with Crippen LogP contribution in [0.15, 0.2) is 60.8 Å². The topological polar surface area (TPSA) is 121 Å². The summed E-state index contributed by atoms with van der Waals surface area (Å²) in [5.41, 5.74) is 1.56. The second-order valence-corrected chi connectivity index (χ2v) is 7.88. The van der Waals surface area contributed by atoms with Crippen LogP contribution in [-0.2, 0) is 9.53 Å². The lowest BCUT2D eigenvalue weighted by atomic mass is 10.1. The Labute approximate surface area is 190 Å². The molecule has 168 valence electrons. The van der Waals surface area contributed by atoms with Gasteiger partial charge < -0.3 is 25.3 Å². The molecule has 0 radical (unpaired) electrons. The maximum absolute atomic E-state index is 12.6. The van der Waals surface area contributed by atoms with E-state index in [1.54, 1.807) is 12.1 Å². The van der Waals surface area contributed by atoms with E-state index in [4.69, 9.17) is 4.74 Å². The smallest absolute Gasteiger partial charge is 0.259 e. The van der Waals surface area contributed by atoms with Gasteiger partial charge >= 0.3 is 0 Å². The van der Waals surface area contributed by atoms with Gasteiger partial charge in [-0.2, -0.15) is 0 Å². The number of carbonyl (C=O) groups excluding carboxylic acids is 1. The Kier molecular flexibility index (Phi) is 5.81. The molecule has 0 spiro atoms. The Morgan fingerprint density at radius 1 is 1.09 bits per heavy atom.